The maximum absolute atomic E-state index is 4.74. The van der Waals surface area contributed by atoms with Crippen LogP contribution >= 0.6 is 11.8 Å². The highest BCUT2D eigenvalue weighted by Gasteiger charge is 2.14. The van der Waals surface area contributed by atoms with Gasteiger partial charge < -0.3 is 4.57 Å². The fourth-order valence-corrected chi connectivity index (χ4v) is 3.26. The molecule has 2 heterocycles. The van der Waals surface area contributed by atoms with Crippen LogP contribution in [0.5, 0.6) is 0 Å². The predicted octanol–water partition coefficient (Wildman–Crippen LogP) is 3.54. The fraction of sp³-hybridized carbons (Fsp3) is 0.462. The lowest BCUT2D eigenvalue weighted by molar-refractivity contribution is 0.617. The summed E-state index contributed by atoms with van der Waals surface area (Å²) in [5.41, 5.74) is 5.18. The number of hydrogen-bond donors (Lipinski definition) is 0. The van der Waals surface area contributed by atoms with Crippen LogP contribution in [-0.4, -0.2) is 15.3 Å². The largest absolute Gasteiger partial charge is 0.319 e. The van der Waals surface area contributed by atoms with Gasteiger partial charge in [-0.25, -0.2) is 4.98 Å². The van der Waals surface area contributed by atoms with Crippen LogP contribution in [0.15, 0.2) is 17.3 Å². The van der Waals surface area contributed by atoms with Crippen LogP contribution in [0.1, 0.15) is 24.0 Å². The lowest BCUT2D eigenvalue weighted by atomic mass is 10.1. The van der Waals surface area contributed by atoms with E-state index >= 15 is 0 Å². The van der Waals surface area contributed by atoms with Gasteiger partial charge in [-0.3, -0.25) is 0 Å². The molecular weight excluding hydrogens is 216 g/mol. The Bertz CT molecular complexity index is 542. The third-order valence-corrected chi connectivity index (χ3v) is 4.40. The van der Waals surface area contributed by atoms with E-state index in [2.05, 4.69) is 30.5 Å². The summed E-state index contributed by atoms with van der Waals surface area (Å²) in [5.74, 6) is 1.21. The quantitative estimate of drug-likeness (QED) is 0.691. The zero-order chi connectivity index (χ0) is 11.1. The molecule has 0 radical (unpaired) electrons. The van der Waals surface area contributed by atoms with Gasteiger partial charge in [0.2, 0.25) is 0 Å². The average Bonchev–Trinajstić information content (AvgIpc) is 2.47. The minimum absolute atomic E-state index is 1.13. The molecule has 0 atom stereocenters. The molecule has 84 valence electrons. The van der Waals surface area contributed by atoms with Crippen molar-refractivity contribution in [2.75, 3.05) is 5.75 Å². The summed E-state index contributed by atoms with van der Waals surface area (Å²) in [6, 6.07) is 4.50. The Kier molecular flexibility index (Phi) is 2.43. The van der Waals surface area contributed by atoms with Gasteiger partial charge in [-0.1, -0.05) is 11.8 Å². The van der Waals surface area contributed by atoms with Gasteiger partial charge in [-0.05, 0) is 49.9 Å². The first-order valence-corrected chi connectivity index (χ1v) is 6.84. The summed E-state index contributed by atoms with van der Waals surface area (Å²) in [6.07, 6.45) is 2.58. The molecule has 2 nitrogen and oxygen atoms in total. The van der Waals surface area contributed by atoms with Gasteiger partial charge in [0.15, 0.2) is 5.16 Å². The average molecular weight is 232 g/mol. The van der Waals surface area contributed by atoms with Gasteiger partial charge in [0.05, 0.1) is 11.0 Å². The van der Waals surface area contributed by atoms with Gasteiger partial charge >= 0.3 is 0 Å². The summed E-state index contributed by atoms with van der Waals surface area (Å²) in [7, 11) is 0. The second-order valence-electron chi connectivity index (χ2n) is 4.53. The van der Waals surface area contributed by atoms with E-state index < -0.39 is 0 Å². The van der Waals surface area contributed by atoms with Crippen molar-refractivity contribution in [3.05, 3.63) is 23.3 Å². The molecule has 0 fully saturated rings. The van der Waals surface area contributed by atoms with E-state index in [0.717, 1.165) is 12.1 Å². The van der Waals surface area contributed by atoms with Gasteiger partial charge in [0.25, 0.3) is 0 Å². The van der Waals surface area contributed by atoms with Crippen LogP contribution in [0, 0.1) is 13.8 Å². The molecule has 0 amide bonds. The summed E-state index contributed by atoms with van der Waals surface area (Å²) in [4.78, 5) is 4.74. The molecule has 0 spiro atoms. The number of benzene rings is 1. The smallest absolute Gasteiger partial charge is 0.169 e. The number of nitrogens with zero attached hydrogens (tertiary/aromatic N) is 2. The Morgan fingerprint density at radius 1 is 1.19 bits per heavy atom. The van der Waals surface area contributed by atoms with Crippen molar-refractivity contribution in [2.45, 2.75) is 38.4 Å². The Balaban J connectivity index is 2.26. The molecule has 2 aromatic rings. The zero-order valence-corrected chi connectivity index (χ0v) is 10.6. The molecule has 1 aromatic heterocycles. The molecule has 0 unspecified atom stereocenters. The summed E-state index contributed by atoms with van der Waals surface area (Å²) in [5, 5.41) is 1.21. The lowest BCUT2D eigenvalue weighted by Crippen LogP contribution is -1.97. The van der Waals surface area contributed by atoms with Gasteiger partial charge in [0, 0.05) is 12.3 Å². The van der Waals surface area contributed by atoms with Crippen molar-refractivity contribution in [3.63, 3.8) is 0 Å². The second kappa shape index (κ2) is 3.81. The van der Waals surface area contributed by atoms with Gasteiger partial charge in [0.1, 0.15) is 0 Å². The van der Waals surface area contributed by atoms with Crippen LogP contribution in [0.25, 0.3) is 11.0 Å². The molecule has 0 saturated heterocycles. The molecule has 0 bridgehead atoms. The standard InChI is InChI=1S/C13H16N2S/c1-9-7-11-12(8-10(9)2)15-5-3-4-6-16-13(15)14-11/h7-8H,3-6H2,1-2H3. The van der Waals surface area contributed by atoms with Gasteiger partial charge in [-0.15, -0.1) is 0 Å². The first-order valence-electron chi connectivity index (χ1n) is 5.86. The second-order valence-corrected chi connectivity index (χ2v) is 5.59. The van der Waals surface area contributed by atoms with Crippen LogP contribution in [-0.2, 0) is 6.54 Å². The number of aromatic nitrogens is 2. The first kappa shape index (κ1) is 10.2. The van der Waals surface area contributed by atoms with Crippen LogP contribution < -0.4 is 0 Å². The lowest BCUT2D eigenvalue weighted by Gasteiger charge is -2.05. The fourth-order valence-electron chi connectivity index (χ4n) is 2.22. The Labute approximate surface area is 100 Å². The molecule has 0 saturated carbocycles. The van der Waals surface area contributed by atoms with Crippen LogP contribution in [0.2, 0.25) is 0 Å². The molecule has 1 aromatic carbocycles. The molecule has 16 heavy (non-hydrogen) atoms. The van der Waals surface area contributed by atoms with E-state index in [1.165, 1.54) is 40.4 Å². The van der Waals surface area contributed by atoms with Crippen molar-refractivity contribution in [1.82, 2.24) is 9.55 Å². The third kappa shape index (κ3) is 1.54. The number of aryl methyl sites for hydroxylation is 3. The summed E-state index contributed by atoms with van der Waals surface area (Å²) >= 11 is 1.90. The van der Waals surface area contributed by atoms with E-state index in [4.69, 9.17) is 4.98 Å². The number of fused-ring (bicyclic) bond motifs is 3. The van der Waals surface area contributed by atoms with Crippen LogP contribution in [0.4, 0.5) is 0 Å². The van der Waals surface area contributed by atoms with Crippen molar-refractivity contribution in [3.8, 4) is 0 Å². The monoisotopic (exact) mass is 232 g/mol. The van der Waals surface area contributed by atoms with E-state index in [-0.39, 0.29) is 0 Å². The molecule has 1 aliphatic rings. The first-order chi connectivity index (χ1) is 7.75. The normalized spacial score (nSPS) is 16.1. The van der Waals surface area contributed by atoms with Crippen molar-refractivity contribution in [2.24, 2.45) is 0 Å². The number of hydrogen-bond acceptors (Lipinski definition) is 2. The Hall–Kier alpha value is -0.960. The molecule has 0 aliphatic carbocycles. The van der Waals surface area contributed by atoms with E-state index in [9.17, 15) is 0 Å². The van der Waals surface area contributed by atoms with Crippen LogP contribution in [0.3, 0.4) is 0 Å². The molecule has 1 aliphatic heterocycles. The number of thioether (sulfide) groups is 1. The highest BCUT2D eigenvalue weighted by molar-refractivity contribution is 7.99. The Morgan fingerprint density at radius 2 is 2.00 bits per heavy atom. The van der Waals surface area contributed by atoms with Gasteiger partial charge in [-0.2, -0.15) is 0 Å². The maximum atomic E-state index is 4.74. The number of imidazole rings is 1. The van der Waals surface area contributed by atoms with E-state index in [0.29, 0.717) is 0 Å². The van der Waals surface area contributed by atoms with E-state index in [1.54, 1.807) is 0 Å². The molecular formula is C13H16N2S. The van der Waals surface area contributed by atoms with Crippen molar-refractivity contribution < 1.29 is 0 Å². The molecule has 3 rings (SSSR count). The minimum Gasteiger partial charge on any atom is -0.319 e. The third-order valence-electron chi connectivity index (χ3n) is 3.34. The SMILES string of the molecule is Cc1cc2nc3n(c2cc1C)CCCCS3. The zero-order valence-electron chi connectivity index (χ0n) is 9.79. The topological polar surface area (TPSA) is 17.8 Å². The Morgan fingerprint density at radius 3 is 2.88 bits per heavy atom. The van der Waals surface area contributed by atoms with E-state index in [1.807, 2.05) is 11.8 Å². The number of rotatable bonds is 0. The molecule has 0 N–H and O–H groups in total. The van der Waals surface area contributed by atoms with Crippen molar-refractivity contribution in [1.29, 1.82) is 0 Å². The predicted molar refractivity (Wildman–Crippen MR) is 69.2 cm³/mol. The molecule has 3 heteroatoms. The highest BCUT2D eigenvalue weighted by Crippen LogP contribution is 2.29. The minimum atomic E-state index is 1.13. The summed E-state index contributed by atoms with van der Waals surface area (Å²) < 4.78 is 2.39. The highest BCUT2D eigenvalue weighted by atomic mass is 32.2. The summed E-state index contributed by atoms with van der Waals surface area (Å²) in [6.45, 7) is 5.46. The maximum Gasteiger partial charge on any atom is 0.169 e. The van der Waals surface area contributed by atoms with Crippen molar-refractivity contribution >= 4 is 22.8 Å².